The summed E-state index contributed by atoms with van der Waals surface area (Å²) in [5, 5.41) is 4.64. The van der Waals surface area contributed by atoms with Crippen LogP contribution in [0.2, 0.25) is 0 Å². The lowest BCUT2D eigenvalue weighted by Crippen LogP contribution is -2.32. The molecule has 0 spiro atoms. The summed E-state index contributed by atoms with van der Waals surface area (Å²) >= 11 is 0. The number of rotatable bonds is 3. The lowest BCUT2D eigenvalue weighted by Gasteiger charge is -2.23. The van der Waals surface area contributed by atoms with Crippen molar-refractivity contribution in [2.45, 2.75) is 19.0 Å². The Kier molecular flexibility index (Phi) is 4.75. The molecule has 1 aliphatic heterocycles. The molecule has 1 aromatic heterocycles. The predicted octanol–water partition coefficient (Wildman–Crippen LogP) is 2.45. The van der Waals surface area contributed by atoms with Crippen molar-refractivity contribution in [3.05, 3.63) is 42.1 Å². The highest BCUT2D eigenvalue weighted by atomic mass is 35.5. The van der Waals surface area contributed by atoms with Gasteiger partial charge in [0.1, 0.15) is 0 Å². The smallest absolute Gasteiger partial charge is 0.0702 e. The van der Waals surface area contributed by atoms with E-state index in [1.165, 1.54) is 17.4 Å². The number of pyridine rings is 1. The van der Waals surface area contributed by atoms with E-state index in [0.29, 0.717) is 6.04 Å². The summed E-state index contributed by atoms with van der Waals surface area (Å²) in [4.78, 5) is 6.94. The summed E-state index contributed by atoms with van der Waals surface area (Å²) in [7, 11) is 2.20. The molecule has 1 aromatic carbocycles. The minimum atomic E-state index is 0. The van der Waals surface area contributed by atoms with Gasteiger partial charge in [0.25, 0.3) is 0 Å². The molecule has 0 bridgehead atoms. The van der Waals surface area contributed by atoms with Crippen molar-refractivity contribution in [1.29, 1.82) is 0 Å². The number of halogens is 1. The zero-order chi connectivity index (χ0) is 12.4. The quantitative estimate of drug-likeness (QED) is 0.934. The third kappa shape index (κ3) is 3.24. The van der Waals surface area contributed by atoms with Crippen LogP contribution < -0.4 is 5.32 Å². The Balaban J connectivity index is 0.00000133. The summed E-state index contributed by atoms with van der Waals surface area (Å²) in [5.41, 5.74) is 2.37. The molecule has 3 nitrogen and oxygen atoms in total. The van der Waals surface area contributed by atoms with Crippen LogP contribution in [0.3, 0.4) is 0 Å². The molecule has 0 amide bonds. The molecule has 1 unspecified atom stereocenters. The number of hydrogen-bond acceptors (Lipinski definition) is 3. The fourth-order valence-corrected chi connectivity index (χ4v) is 2.64. The standard InChI is InChI=1S/C15H19N3.ClH/c1-18(14-6-7-16-10-14)11-12-8-13-4-2-3-5-15(13)17-9-12;/h2-5,8-9,14,16H,6-7,10-11H2,1H3;1H. The number of benzene rings is 1. The Hall–Kier alpha value is -1.16. The highest BCUT2D eigenvalue weighted by Gasteiger charge is 2.19. The lowest BCUT2D eigenvalue weighted by molar-refractivity contribution is 0.249. The minimum absolute atomic E-state index is 0. The van der Waals surface area contributed by atoms with Crippen LogP contribution in [-0.2, 0) is 6.54 Å². The maximum Gasteiger partial charge on any atom is 0.0702 e. The molecule has 1 fully saturated rings. The largest absolute Gasteiger partial charge is 0.315 e. The number of nitrogens with zero attached hydrogens (tertiary/aromatic N) is 2. The monoisotopic (exact) mass is 277 g/mol. The molecule has 0 aliphatic carbocycles. The highest BCUT2D eigenvalue weighted by molar-refractivity contribution is 5.85. The van der Waals surface area contributed by atoms with Gasteiger partial charge in [-0.3, -0.25) is 9.88 Å². The Morgan fingerprint density at radius 3 is 3.00 bits per heavy atom. The molecular formula is C15H20ClN3. The van der Waals surface area contributed by atoms with Crippen molar-refractivity contribution in [3.63, 3.8) is 0 Å². The van der Waals surface area contributed by atoms with Gasteiger partial charge in [-0.05, 0) is 37.7 Å². The van der Waals surface area contributed by atoms with Gasteiger partial charge in [-0.15, -0.1) is 12.4 Å². The second kappa shape index (κ2) is 6.33. The molecule has 1 aliphatic rings. The number of fused-ring (bicyclic) bond motifs is 1. The molecule has 1 saturated heterocycles. The SMILES string of the molecule is CN(Cc1cnc2ccccc2c1)C1CCNC1.Cl. The normalized spacial score (nSPS) is 18.7. The van der Waals surface area contributed by atoms with Crippen LogP contribution in [0.1, 0.15) is 12.0 Å². The molecule has 102 valence electrons. The van der Waals surface area contributed by atoms with Crippen molar-refractivity contribution in [2.75, 3.05) is 20.1 Å². The number of nitrogens with one attached hydrogen (secondary N) is 1. The fourth-order valence-electron chi connectivity index (χ4n) is 2.64. The second-order valence-corrected chi connectivity index (χ2v) is 5.10. The van der Waals surface area contributed by atoms with E-state index in [1.54, 1.807) is 0 Å². The third-order valence-corrected chi connectivity index (χ3v) is 3.74. The van der Waals surface area contributed by atoms with Gasteiger partial charge in [-0.1, -0.05) is 18.2 Å². The van der Waals surface area contributed by atoms with Crippen LogP contribution in [0.5, 0.6) is 0 Å². The average Bonchev–Trinajstić information content (AvgIpc) is 2.92. The van der Waals surface area contributed by atoms with Crippen LogP contribution in [0.15, 0.2) is 36.5 Å². The van der Waals surface area contributed by atoms with Crippen LogP contribution in [-0.4, -0.2) is 36.1 Å². The summed E-state index contributed by atoms with van der Waals surface area (Å²) < 4.78 is 0. The van der Waals surface area contributed by atoms with Gasteiger partial charge in [0.05, 0.1) is 5.52 Å². The number of aromatic nitrogens is 1. The Bertz CT molecular complexity index is 538. The van der Waals surface area contributed by atoms with E-state index in [0.717, 1.165) is 25.2 Å². The first-order valence-electron chi connectivity index (χ1n) is 6.57. The molecular weight excluding hydrogens is 258 g/mol. The molecule has 3 rings (SSSR count). The number of likely N-dealkylation sites (N-methyl/N-ethyl adjacent to an activating group) is 1. The summed E-state index contributed by atoms with van der Waals surface area (Å²) in [6.07, 6.45) is 3.25. The minimum Gasteiger partial charge on any atom is -0.315 e. The molecule has 1 atom stereocenters. The Morgan fingerprint density at radius 2 is 2.21 bits per heavy atom. The second-order valence-electron chi connectivity index (χ2n) is 5.10. The third-order valence-electron chi connectivity index (χ3n) is 3.74. The van der Waals surface area contributed by atoms with Gasteiger partial charge in [-0.2, -0.15) is 0 Å². The van der Waals surface area contributed by atoms with E-state index in [-0.39, 0.29) is 12.4 Å². The van der Waals surface area contributed by atoms with Crippen LogP contribution >= 0.6 is 12.4 Å². The highest BCUT2D eigenvalue weighted by Crippen LogP contribution is 2.15. The van der Waals surface area contributed by atoms with E-state index in [4.69, 9.17) is 0 Å². The van der Waals surface area contributed by atoms with Gasteiger partial charge < -0.3 is 5.32 Å². The first-order chi connectivity index (χ1) is 8.83. The van der Waals surface area contributed by atoms with Gasteiger partial charge in [0.15, 0.2) is 0 Å². The van der Waals surface area contributed by atoms with Crippen molar-refractivity contribution < 1.29 is 0 Å². The van der Waals surface area contributed by atoms with E-state index in [9.17, 15) is 0 Å². The Labute approximate surface area is 120 Å². The number of hydrogen-bond donors (Lipinski definition) is 1. The topological polar surface area (TPSA) is 28.2 Å². The van der Waals surface area contributed by atoms with Crippen molar-refractivity contribution >= 4 is 23.3 Å². The first kappa shape index (κ1) is 14.3. The van der Waals surface area contributed by atoms with Crippen LogP contribution in [0.4, 0.5) is 0 Å². The van der Waals surface area contributed by atoms with Gasteiger partial charge in [-0.25, -0.2) is 0 Å². The molecule has 4 heteroatoms. The summed E-state index contributed by atoms with van der Waals surface area (Å²) in [6.45, 7) is 3.23. The van der Waals surface area contributed by atoms with E-state index < -0.39 is 0 Å². The van der Waals surface area contributed by atoms with E-state index in [1.807, 2.05) is 12.3 Å². The molecule has 2 aromatic rings. The fraction of sp³-hybridized carbons (Fsp3) is 0.400. The summed E-state index contributed by atoms with van der Waals surface area (Å²) in [5.74, 6) is 0. The molecule has 0 radical (unpaired) electrons. The van der Waals surface area contributed by atoms with Crippen molar-refractivity contribution in [3.8, 4) is 0 Å². The van der Waals surface area contributed by atoms with Crippen molar-refractivity contribution in [1.82, 2.24) is 15.2 Å². The lowest BCUT2D eigenvalue weighted by atomic mass is 10.1. The number of para-hydroxylation sites is 1. The maximum atomic E-state index is 4.52. The summed E-state index contributed by atoms with van der Waals surface area (Å²) in [6, 6.07) is 11.2. The first-order valence-corrected chi connectivity index (χ1v) is 6.57. The van der Waals surface area contributed by atoms with Gasteiger partial charge in [0.2, 0.25) is 0 Å². The molecule has 19 heavy (non-hydrogen) atoms. The molecule has 0 saturated carbocycles. The molecule has 2 heterocycles. The van der Waals surface area contributed by atoms with E-state index >= 15 is 0 Å². The van der Waals surface area contributed by atoms with Gasteiger partial charge >= 0.3 is 0 Å². The molecule has 1 N–H and O–H groups in total. The van der Waals surface area contributed by atoms with Crippen LogP contribution in [0.25, 0.3) is 10.9 Å². The zero-order valence-electron chi connectivity index (χ0n) is 11.2. The Morgan fingerprint density at radius 1 is 1.37 bits per heavy atom. The van der Waals surface area contributed by atoms with E-state index in [2.05, 4.69) is 46.5 Å². The predicted molar refractivity (Wildman–Crippen MR) is 81.7 cm³/mol. The zero-order valence-corrected chi connectivity index (χ0v) is 12.0. The van der Waals surface area contributed by atoms with Gasteiger partial charge in [0, 0.05) is 30.7 Å². The average molecular weight is 278 g/mol. The van der Waals surface area contributed by atoms with Crippen molar-refractivity contribution in [2.24, 2.45) is 0 Å². The van der Waals surface area contributed by atoms with Crippen LogP contribution in [0, 0.1) is 0 Å². The maximum absolute atomic E-state index is 4.52.